The summed E-state index contributed by atoms with van der Waals surface area (Å²) < 4.78 is 0. The van der Waals surface area contributed by atoms with Crippen LogP contribution in [0.4, 0.5) is 0 Å². The molecule has 1 atom stereocenters. The molecule has 0 saturated heterocycles. The molecule has 1 unspecified atom stereocenters. The zero-order chi connectivity index (χ0) is 14.3. The predicted octanol–water partition coefficient (Wildman–Crippen LogP) is 2.74. The molecule has 0 aliphatic heterocycles. The molecule has 18 heavy (non-hydrogen) atoms. The molecule has 0 rings (SSSR count). The van der Waals surface area contributed by atoms with E-state index in [1.807, 2.05) is 6.92 Å². The number of hydrogen-bond donors (Lipinski definition) is 2. The quantitative estimate of drug-likeness (QED) is 0.687. The Hall–Kier alpha value is -1.32. The summed E-state index contributed by atoms with van der Waals surface area (Å²) in [7, 11) is 0. The number of aliphatic carboxylic acids is 1. The van der Waals surface area contributed by atoms with Crippen molar-refractivity contribution < 1.29 is 14.7 Å². The van der Waals surface area contributed by atoms with E-state index in [2.05, 4.69) is 19.2 Å². The van der Waals surface area contributed by atoms with E-state index in [4.69, 9.17) is 5.11 Å². The minimum Gasteiger partial charge on any atom is -0.478 e. The Labute approximate surface area is 109 Å². The number of carbonyl (C=O) groups is 2. The molecule has 0 radical (unpaired) electrons. The zero-order valence-electron chi connectivity index (χ0n) is 12.0. The number of hydrogen-bond acceptors (Lipinski definition) is 2. The first kappa shape index (κ1) is 16.7. The highest BCUT2D eigenvalue weighted by Gasteiger charge is 2.14. The highest BCUT2D eigenvalue weighted by atomic mass is 16.4. The third kappa shape index (κ3) is 6.42. The van der Waals surface area contributed by atoms with Crippen LogP contribution in [0.15, 0.2) is 11.1 Å². The summed E-state index contributed by atoms with van der Waals surface area (Å²) in [6.45, 7) is 9.28. The van der Waals surface area contributed by atoms with Gasteiger partial charge < -0.3 is 10.4 Å². The molecule has 0 saturated carbocycles. The van der Waals surface area contributed by atoms with Crippen LogP contribution in [0.1, 0.15) is 53.9 Å². The molecule has 0 aromatic heterocycles. The van der Waals surface area contributed by atoms with E-state index in [9.17, 15) is 9.59 Å². The minimum absolute atomic E-state index is 0.0767. The van der Waals surface area contributed by atoms with Crippen LogP contribution >= 0.6 is 0 Å². The molecular formula is C14H25NO3. The molecule has 0 aliphatic rings. The number of carboxylic acids is 1. The van der Waals surface area contributed by atoms with E-state index in [-0.39, 0.29) is 23.1 Å². The average Bonchev–Trinajstić information content (AvgIpc) is 2.26. The van der Waals surface area contributed by atoms with Gasteiger partial charge in [0.25, 0.3) is 0 Å². The predicted molar refractivity (Wildman–Crippen MR) is 72.3 cm³/mol. The summed E-state index contributed by atoms with van der Waals surface area (Å²) in [4.78, 5) is 22.5. The molecule has 0 bridgehead atoms. The Bertz CT molecular complexity index is 332. The Morgan fingerprint density at radius 1 is 1.06 bits per heavy atom. The van der Waals surface area contributed by atoms with Crippen LogP contribution in [0.2, 0.25) is 0 Å². The maximum atomic E-state index is 11.8. The second-order valence-electron chi connectivity index (χ2n) is 5.25. The smallest absolute Gasteiger partial charge is 0.331 e. The highest BCUT2D eigenvalue weighted by molar-refractivity contribution is 6.01. The van der Waals surface area contributed by atoms with Gasteiger partial charge >= 0.3 is 5.97 Å². The van der Waals surface area contributed by atoms with Crippen LogP contribution in [-0.2, 0) is 9.59 Å². The number of carbonyl (C=O) groups excluding carboxylic acids is 1. The fourth-order valence-electron chi connectivity index (χ4n) is 1.57. The van der Waals surface area contributed by atoms with E-state index < -0.39 is 5.97 Å². The van der Waals surface area contributed by atoms with Crippen molar-refractivity contribution in [2.24, 2.45) is 5.92 Å². The second-order valence-corrected chi connectivity index (χ2v) is 5.25. The first-order valence-corrected chi connectivity index (χ1v) is 6.47. The molecule has 0 aliphatic carbocycles. The zero-order valence-corrected chi connectivity index (χ0v) is 12.0. The molecular weight excluding hydrogens is 230 g/mol. The monoisotopic (exact) mass is 255 g/mol. The van der Waals surface area contributed by atoms with Gasteiger partial charge in [0.05, 0.1) is 0 Å². The average molecular weight is 255 g/mol. The summed E-state index contributed by atoms with van der Waals surface area (Å²) in [6, 6.07) is 0.0767. The van der Waals surface area contributed by atoms with E-state index in [0.717, 1.165) is 19.3 Å². The first-order chi connectivity index (χ1) is 8.25. The molecule has 0 spiro atoms. The number of rotatable bonds is 7. The van der Waals surface area contributed by atoms with Gasteiger partial charge in [-0.15, -0.1) is 0 Å². The van der Waals surface area contributed by atoms with E-state index >= 15 is 0 Å². The third-order valence-corrected chi connectivity index (χ3v) is 3.02. The SMILES string of the molecule is CC(C(=O)O)=C(C)C(=O)NC(C)CCCC(C)C. The summed E-state index contributed by atoms with van der Waals surface area (Å²) in [5.41, 5.74) is 0.375. The van der Waals surface area contributed by atoms with Gasteiger partial charge in [-0.25, -0.2) is 4.79 Å². The standard InChI is InChI=1S/C14H25NO3/c1-9(2)7-6-8-10(3)15-13(16)11(4)12(5)14(17)18/h9-10H,6-8H2,1-5H3,(H,15,16)(H,17,18). The molecule has 4 nitrogen and oxygen atoms in total. The lowest BCUT2D eigenvalue weighted by molar-refractivity contribution is -0.133. The van der Waals surface area contributed by atoms with Crippen molar-refractivity contribution in [2.45, 2.75) is 59.9 Å². The van der Waals surface area contributed by atoms with Crippen LogP contribution in [0.3, 0.4) is 0 Å². The Balaban J connectivity index is 4.23. The molecule has 1 amide bonds. The van der Waals surface area contributed by atoms with Gasteiger partial charge in [-0.1, -0.05) is 26.7 Å². The lowest BCUT2D eigenvalue weighted by Gasteiger charge is -2.15. The Kier molecular flexibility index (Phi) is 7.32. The fraction of sp³-hybridized carbons (Fsp3) is 0.714. The van der Waals surface area contributed by atoms with Gasteiger partial charge in [-0.05, 0) is 33.1 Å². The van der Waals surface area contributed by atoms with E-state index in [1.165, 1.54) is 6.92 Å². The number of carboxylic acid groups (broad SMARTS) is 1. The van der Waals surface area contributed by atoms with Gasteiger partial charge in [0.15, 0.2) is 0 Å². The van der Waals surface area contributed by atoms with Gasteiger partial charge in [-0.3, -0.25) is 4.79 Å². The van der Waals surface area contributed by atoms with Crippen molar-refractivity contribution in [2.75, 3.05) is 0 Å². The maximum absolute atomic E-state index is 11.8. The number of nitrogens with one attached hydrogen (secondary N) is 1. The lowest BCUT2D eigenvalue weighted by Crippen LogP contribution is -2.33. The van der Waals surface area contributed by atoms with Crippen LogP contribution in [0, 0.1) is 5.92 Å². The summed E-state index contributed by atoms with van der Waals surface area (Å²) >= 11 is 0. The normalized spacial score (nSPS) is 14.1. The minimum atomic E-state index is -1.05. The second kappa shape index (κ2) is 7.90. The van der Waals surface area contributed by atoms with Gasteiger partial charge in [0, 0.05) is 17.2 Å². The van der Waals surface area contributed by atoms with Crippen molar-refractivity contribution in [3.63, 3.8) is 0 Å². The molecule has 2 N–H and O–H groups in total. The molecule has 0 aromatic rings. The maximum Gasteiger partial charge on any atom is 0.331 e. The Morgan fingerprint density at radius 3 is 2.06 bits per heavy atom. The highest BCUT2D eigenvalue weighted by Crippen LogP contribution is 2.09. The Morgan fingerprint density at radius 2 is 1.61 bits per heavy atom. The summed E-state index contributed by atoms with van der Waals surface area (Å²) in [5.74, 6) is -0.661. The third-order valence-electron chi connectivity index (χ3n) is 3.02. The molecule has 0 heterocycles. The molecule has 4 heteroatoms. The molecule has 0 aromatic carbocycles. The largest absolute Gasteiger partial charge is 0.478 e. The summed E-state index contributed by atoms with van der Waals surface area (Å²) in [6.07, 6.45) is 3.13. The van der Waals surface area contributed by atoms with Crippen molar-refractivity contribution in [3.8, 4) is 0 Å². The molecule has 104 valence electrons. The van der Waals surface area contributed by atoms with Crippen LogP contribution in [-0.4, -0.2) is 23.0 Å². The van der Waals surface area contributed by atoms with Gasteiger partial charge in [-0.2, -0.15) is 0 Å². The van der Waals surface area contributed by atoms with E-state index in [1.54, 1.807) is 6.92 Å². The van der Waals surface area contributed by atoms with Crippen molar-refractivity contribution in [3.05, 3.63) is 11.1 Å². The van der Waals surface area contributed by atoms with Gasteiger partial charge in [0.1, 0.15) is 0 Å². The summed E-state index contributed by atoms with van der Waals surface area (Å²) in [5, 5.41) is 11.6. The first-order valence-electron chi connectivity index (χ1n) is 6.47. The fourth-order valence-corrected chi connectivity index (χ4v) is 1.57. The van der Waals surface area contributed by atoms with Crippen molar-refractivity contribution in [1.29, 1.82) is 0 Å². The van der Waals surface area contributed by atoms with Crippen LogP contribution in [0.25, 0.3) is 0 Å². The molecule has 0 fully saturated rings. The van der Waals surface area contributed by atoms with Crippen molar-refractivity contribution in [1.82, 2.24) is 5.32 Å². The number of amides is 1. The van der Waals surface area contributed by atoms with Crippen LogP contribution in [0.5, 0.6) is 0 Å². The van der Waals surface area contributed by atoms with Crippen LogP contribution < -0.4 is 5.32 Å². The topological polar surface area (TPSA) is 66.4 Å². The van der Waals surface area contributed by atoms with E-state index in [0.29, 0.717) is 5.92 Å². The van der Waals surface area contributed by atoms with Crippen molar-refractivity contribution >= 4 is 11.9 Å². The lowest BCUT2D eigenvalue weighted by atomic mass is 10.0. The van der Waals surface area contributed by atoms with Gasteiger partial charge in [0.2, 0.25) is 5.91 Å².